The molecule has 4 N–H and O–H groups in total. The van der Waals surface area contributed by atoms with E-state index in [0.29, 0.717) is 11.6 Å². The first-order valence-corrected chi connectivity index (χ1v) is 8.01. The molecule has 134 valence electrons. The second-order valence-electron chi connectivity index (χ2n) is 5.86. The quantitative estimate of drug-likeness (QED) is 0.695. The summed E-state index contributed by atoms with van der Waals surface area (Å²) in [5.74, 6) is 0.292. The third-order valence-corrected chi connectivity index (χ3v) is 3.92. The van der Waals surface area contributed by atoms with Crippen molar-refractivity contribution in [1.29, 1.82) is 0 Å². The number of nitrogens with one attached hydrogen (secondary N) is 1. The molecule has 2 aromatic heterocycles. The van der Waals surface area contributed by atoms with E-state index in [1.54, 1.807) is 29.4 Å². The number of rotatable bonds is 3. The number of aromatic nitrogens is 4. The lowest BCUT2D eigenvalue weighted by molar-refractivity contribution is -0.122. The lowest BCUT2D eigenvalue weighted by atomic mass is 9.92. The van der Waals surface area contributed by atoms with E-state index in [0.717, 1.165) is 31.4 Å². The Bertz CT molecular complexity index is 696. The van der Waals surface area contributed by atoms with Crippen LogP contribution in [0.1, 0.15) is 41.9 Å². The fourth-order valence-corrected chi connectivity index (χ4v) is 2.68. The lowest BCUT2D eigenvalue weighted by Gasteiger charge is -2.26. The van der Waals surface area contributed by atoms with Crippen molar-refractivity contribution in [3.8, 4) is 5.95 Å². The zero-order chi connectivity index (χ0) is 18.2. The molecule has 25 heavy (non-hydrogen) atoms. The molecule has 1 saturated carbocycles. The molecule has 0 bridgehead atoms. The van der Waals surface area contributed by atoms with Gasteiger partial charge in [0.1, 0.15) is 12.0 Å². The van der Waals surface area contributed by atoms with Crippen LogP contribution in [0.5, 0.6) is 0 Å². The molecule has 0 aromatic carbocycles. The summed E-state index contributed by atoms with van der Waals surface area (Å²) in [7, 11) is 0. The van der Waals surface area contributed by atoms with Crippen LogP contribution < -0.4 is 11.1 Å². The first kappa shape index (κ1) is 18.5. The average molecular weight is 346 g/mol. The van der Waals surface area contributed by atoms with Gasteiger partial charge in [-0.1, -0.05) is 0 Å². The molecule has 9 heteroatoms. The van der Waals surface area contributed by atoms with E-state index in [9.17, 15) is 4.79 Å². The summed E-state index contributed by atoms with van der Waals surface area (Å²) in [5, 5.41) is 9.93. The molecule has 3 rings (SSSR count). The van der Waals surface area contributed by atoms with Crippen LogP contribution in [-0.4, -0.2) is 49.1 Å². The van der Waals surface area contributed by atoms with E-state index in [4.69, 9.17) is 15.6 Å². The normalized spacial score (nSPS) is 19.4. The molecule has 1 aliphatic rings. The number of carboxylic acid groups (broad SMARTS) is 1. The summed E-state index contributed by atoms with van der Waals surface area (Å²) in [5.41, 5.74) is 7.02. The molecule has 0 aliphatic heterocycles. The first-order chi connectivity index (χ1) is 12.0. The summed E-state index contributed by atoms with van der Waals surface area (Å²) in [6.45, 7) is 1.60. The number of hydrogen-bond donors (Lipinski definition) is 3. The van der Waals surface area contributed by atoms with E-state index in [1.807, 2.05) is 6.92 Å². The van der Waals surface area contributed by atoms with Gasteiger partial charge in [-0.2, -0.15) is 0 Å². The Balaban J connectivity index is 0.000000701. The van der Waals surface area contributed by atoms with Gasteiger partial charge in [-0.25, -0.2) is 15.0 Å². The Hall–Kier alpha value is -2.81. The predicted octanol–water partition coefficient (Wildman–Crippen LogP) is 0.671. The average Bonchev–Trinajstić information content (AvgIpc) is 3.12. The standard InChI is InChI=1S/C15H20N6O.CH2O2/c1-10-8-13(20-15(18-10)21-7-6-17-9-21)14(22)19-12-4-2-11(16)3-5-12;2-1-3/h6-9,11-12H,2-5,16H2,1H3,(H,19,22);1H,(H,2,3). The maximum absolute atomic E-state index is 12.4. The molecule has 0 spiro atoms. The summed E-state index contributed by atoms with van der Waals surface area (Å²) < 4.78 is 1.68. The van der Waals surface area contributed by atoms with Crippen LogP contribution in [0.4, 0.5) is 0 Å². The topological polar surface area (TPSA) is 136 Å². The van der Waals surface area contributed by atoms with Gasteiger partial charge in [0.25, 0.3) is 12.4 Å². The molecule has 1 fully saturated rings. The van der Waals surface area contributed by atoms with Gasteiger partial charge in [-0.05, 0) is 38.7 Å². The van der Waals surface area contributed by atoms with Crippen molar-refractivity contribution in [2.45, 2.75) is 44.7 Å². The van der Waals surface area contributed by atoms with Crippen LogP contribution in [0.2, 0.25) is 0 Å². The van der Waals surface area contributed by atoms with Crippen molar-refractivity contribution < 1.29 is 14.7 Å². The number of nitrogens with zero attached hydrogens (tertiary/aromatic N) is 4. The molecule has 9 nitrogen and oxygen atoms in total. The number of nitrogens with two attached hydrogens (primary N) is 1. The van der Waals surface area contributed by atoms with E-state index in [2.05, 4.69) is 20.3 Å². The van der Waals surface area contributed by atoms with Crippen LogP contribution in [0.3, 0.4) is 0 Å². The van der Waals surface area contributed by atoms with E-state index >= 15 is 0 Å². The zero-order valence-corrected chi connectivity index (χ0v) is 14.0. The molecular weight excluding hydrogens is 324 g/mol. The first-order valence-electron chi connectivity index (χ1n) is 8.01. The summed E-state index contributed by atoms with van der Waals surface area (Å²) in [4.78, 5) is 33.4. The van der Waals surface area contributed by atoms with Crippen molar-refractivity contribution in [3.05, 3.63) is 36.2 Å². The molecule has 0 saturated heterocycles. The van der Waals surface area contributed by atoms with Crippen molar-refractivity contribution in [1.82, 2.24) is 24.8 Å². The molecule has 0 atom stereocenters. The minimum atomic E-state index is -0.250. The predicted molar refractivity (Wildman–Crippen MR) is 90.3 cm³/mol. The second kappa shape index (κ2) is 8.88. The molecule has 1 aliphatic carbocycles. The van der Waals surface area contributed by atoms with Gasteiger partial charge in [0.05, 0.1) is 0 Å². The van der Waals surface area contributed by atoms with Crippen molar-refractivity contribution >= 4 is 12.4 Å². The molecular formula is C16H22N6O3. The second-order valence-corrected chi connectivity index (χ2v) is 5.86. The summed E-state index contributed by atoms with van der Waals surface area (Å²) in [6.07, 6.45) is 8.76. The van der Waals surface area contributed by atoms with Crippen LogP contribution in [0, 0.1) is 6.92 Å². The van der Waals surface area contributed by atoms with Crippen molar-refractivity contribution in [3.63, 3.8) is 0 Å². The van der Waals surface area contributed by atoms with Crippen molar-refractivity contribution in [2.75, 3.05) is 0 Å². The highest BCUT2D eigenvalue weighted by Crippen LogP contribution is 2.17. The Morgan fingerprint density at radius 2 is 2.04 bits per heavy atom. The van der Waals surface area contributed by atoms with Gasteiger partial charge in [0.15, 0.2) is 0 Å². The molecule has 0 unspecified atom stereocenters. The third-order valence-electron chi connectivity index (χ3n) is 3.92. The highest BCUT2D eigenvalue weighted by Gasteiger charge is 2.21. The minimum Gasteiger partial charge on any atom is -0.483 e. The number of imidazole rings is 1. The maximum Gasteiger partial charge on any atom is 0.290 e. The molecule has 0 radical (unpaired) electrons. The molecule has 2 heterocycles. The summed E-state index contributed by atoms with van der Waals surface area (Å²) in [6, 6.07) is 2.14. The SMILES string of the molecule is Cc1cc(C(=O)NC2CCC(N)CC2)nc(-n2ccnc2)n1.O=CO. The van der Waals surface area contributed by atoms with Crippen LogP contribution in [-0.2, 0) is 4.79 Å². The van der Waals surface area contributed by atoms with Gasteiger partial charge < -0.3 is 16.2 Å². The molecule has 2 aromatic rings. The van der Waals surface area contributed by atoms with Gasteiger partial charge in [-0.3, -0.25) is 14.2 Å². The lowest BCUT2D eigenvalue weighted by Crippen LogP contribution is -2.40. The number of amides is 1. The van der Waals surface area contributed by atoms with Gasteiger partial charge in [0, 0.05) is 30.2 Å². The Morgan fingerprint density at radius 1 is 1.36 bits per heavy atom. The highest BCUT2D eigenvalue weighted by atomic mass is 16.3. The summed E-state index contributed by atoms with van der Waals surface area (Å²) >= 11 is 0. The van der Waals surface area contributed by atoms with Gasteiger partial charge in [-0.15, -0.1) is 0 Å². The maximum atomic E-state index is 12.4. The monoisotopic (exact) mass is 346 g/mol. The zero-order valence-electron chi connectivity index (χ0n) is 14.0. The largest absolute Gasteiger partial charge is 0.483 e. The number of carbonyl (C=O) groups excluding carboxylic acids is 1. The Morgan fingerprint density at radius 3 is 2.64 bits per heavy atom. The number of hydrogen-bond acceptors (Lipinski definition) is 6. The van der Waals surface area contributed by atoms with E-state index in [-0.39, 0.29) is 24.5 Å². The Labute approximate surface area is 145 Å². The van der Waals surface area contributed by atoms with Crippen molar-refractivity contribution in [2.24, 2.45) is 5.73 Å². The number of carbonyl (C=O) groups is 2. The highest BCUT2D eigenvalue weighted by molar-refractivity contribution is 5.92. The fourth-order valence-electron chi connectivity index (χ4n) is 2.68. The van der Waals surface area contributed by atoms with Gasteiger partial charge in [0.2, 0.25) is 5.95 Å². The Kier molecular flexibility index (Phi) is 6.58. The third kappa shape index (κ3) is 5.35. The fraction of sp³-hybridized carbons (Fsp3) is 0.438. The minimum absolute atomic E-state index is 0.160. The smallest absolute Gasteiger partial charge is 0.290 e. The van der Waals surface area contributed by atoms with E-state index < -0.39 is 0 Å². The molecule has 1 amide bonds. The van der Waals surface area contributed by atoms with E-state index in [1.165, 1.54) is 0 Å². The van der Waals surface area contributed by atoms with Crippen LogP contribution in [0.15, 0.2) is 24.8 Å². The number of aryl methyl sites for hydroxylation is 1. The van der Waals surface area contributed by atoms with Crippen LogP contribution >= 0.6 is 0 Å². The van der Waals surface area contributed by atoms with Gasteiger partial charge >= 0.3 is 0 Å². The van der Waals surface area contributed by atoms with Crippen LogP contribution in [0.25, 0.3) is 5.95 Å².